The Balaban J connectivity index is 2.28. The molecular weight excluding hydrogens is 316 g/mol. The third-order valence-corrected chi connectivity index (χ3v) is 5.37. The summed E-state index contributed by atoms with van der Waals surface area (Å²) in [5.41, 5.74) is 0.829. The van der Waals surface area contributed by atoms with Gasteiger partial charge in [-0.2, -0.15) is 0 Å². The Morgan fingerprint density at radius 1 is 1.00 bits per heavy atom. The minimum absolute atomic E-state index is 0.0740. The normalized spacial score (nSPS) is 14.2. The lowest BCUT2D eigenvalue weighted by atomic mass is 9.86. The Hall–Kier alpha value is -1.58. The summed E-state index contributed by atoms with van der Waals surface area (Å²) >= 11 is 1.75. The highest BCUT2D eigenvalue weighted by molar-refractivity contribution is 7.99. The fourth-order valence-corrected chi connectivity index (χ4v) is 3.71. The molecule has 0 aliphatic heterocycles. The number of thioether (sulfide) groups is 1. The van der Waals surface area contributed by atoms with E-state index < -0.39 is 0 Å². The molecule has 2 nitrogen and oxygen atoms in total. The maximum atomic E-state index is 12.5. The van der Waals surface area contributed by atoms with Gasteiger partial charge in [0, 0.05) is 23.8 Å². The van der Waals surface area contributed by atoms with E-state index in [1.54, 1.807) is 18.9 Å². The Kier molecular flexibility index (Phi) is 6.64. The first-order chi connectivity index (χ1) is 11.4. The van der Waals surface area contributed by atoms with Crippen LogP contribution >= 0.6 is 11.8 Å². The molecule has 0 amide bonds. The number of carbonyl (C=O) groups excluding carboxylic acids is 1. The van der Waals surface area contributed by atoms with Crippen molar-refractivity contribution >= 4 is 17.5 Å². The van der Waals surface area contributed by atoms with Crippen LogP contribution in [-0.2, 0) is 9.53 Å². The Morgan fingerprint density at radius 3 is 2.04 bits per heavy atom. The fraction of sp³-hybridized carbons (Fsp3) is 0.381. The fourth-order valence-electron chi connectivity index (χ4n) is 2.45. The van der Waals surface area contributed by atoms with E-state index in [4.69, 9.17) is 4.74 Å². The zero-order chi connectivity index (χ0) is 17.6. The third kappa shape index (κ3) is 5.22. The molecule has 0 heterocycles. The Morgan fingerprint density at radius 2 is 1.54 bits per heavy atom. The molecule has 0 bridgehead atoms. The van der Waals surface area contributed by atoms with Gasteiger partial charge in [0.05, 0.1) is 11.4 Å². The molecule has 2 unspecified atom stereocenters. The monoisotopic (exact) mass is 342 g/mol. The molecule has 0 saturated heterocycles. The maximum Gasteiger partial charge on any atom is 0.140 e. The highest BCUT2D eigenvalue weighted by Crippen LogP contribution is 2.40. The SMILES string of the molecule is COC(CC(=O)C(C)(C)C)C(Sc1ccccc1)c1ccccc1. The molecule has 24 heavy (non-hydrogen) atoms. The number of hydrogen-bond donors (Lipinski definition) is 0. The van der Waals surface area contributed by atoms with Gasteiger partial charge in [-0.3, -0.25) is 4.79 Å². The van der Waals surface area contributed by atoms with Crippen molar-refractivity contribution in [2.45, 2.75) is 43.4 Å². The number of benzene rings is 2. The Labute approximate surface area is 149 Å². The van der Waals surface area contributed by atoms with E-state index in [0.717, 1.165) is 0 Å². The average Bonchev–Trinajstić information content (AvgIpc) is 2.58. The van der Waals surface area contributed by atoms with Crippen LogP contribution in [0.25, 0.3) is 0 Å². The van der Waals surface area contributed by atoms with Crippen molar-refractivity contribution in [1.82, 2.24) is 0 Å². The molecule has 0 radical (unpaired) electrons. The van der Waals surface area contributed by atoms with Gasteiger partial charge in [-0.05, 0) is 17.7 Å². The van der Waals surface area contributed by atoms with E-state index >= 15 is 0 Å². The van der Waals surface area contributed by atoms with Gasteiger partial charge in [0.1, 0.15) is 5.78 Å². The van der Waals surface area contributed by atoms with Gasteiger partial charge >= 0.3 is 0 Å². The van der Waals surface area contributed by atoms with Gasteiger partial charge < -0.3 is 4.74 Å². The molecular formula is C21H26O2S. The molecule has 2 aromatic rings. The molecule has 2 aromatic carbocycles. The van der Waals surface area contributed by atoms with Gasteiger partial charge in [-0.25, -0.2) is 0 Å². The summed E-state index contributed by atoms with van der Waals surface area (Å²) < 4.78 is 5.76. The number of hydrogen-bond acceptors (Lipinski definition) is 3. The molecule has 0 fully saturated rings. The summed E-state index contributed by atoms with van der Waals surface area (Å²) in [6.07, 6.45) is 0.253. The lowest BCUT2D eigenvalue weighted by molar-refractivity contribution is -0.128. The van der Waals surface area contributed by atoms with Crippen molar-refractivity contribution in [3.8, 4) is 0 Å². The molecule has 0 aliphatic rings. The van der Waals surface area contributed by atoms with E-state index in [0.29, 0.717) is 6.42 Å². The van der Waals surface area contributed by atoms with E-state index in [-0.39, 0.29) is 22.6 Å². The van der Waals surface area contributed by atoms with Crippen LogP contribution in [-0.4, -0.2) is 19.0 Å². The van der Waals surface area contributed by atoms with E-state index in [1.165, 1.54) is 10.5 Å². The van der Waals surface area contributed by atoms with Crippen LogP contribution in [0.4, 0.5) is 0 Å². The van der Waals surface area contributed by atoms with Gasteiger partial charge in [0.15, 0.2) is 0 Å². The first-order valence-corrected chi connectivity index (χ1v) is 9.12. The summed E-state index contributed by atoms with van der Waals surface area (Å²) in [6, 6.07) is 20.6. The average molecular weight is 343 g/mol. The van der Waals surface area contributed by atoms with Crippen LogP contribution in [0.1, 0.15) is 38.0 Å². The third-order valence-electron chi connectivity index (χ3n) is 4.00. The van der Waals surface area contributed by atoms with Gasteiger partial charge in [0.2, 0.25) is 0 Å². The molecule has 2 atom stereocenters. The predicted octanol–water partition coefficient (Wildman–Crippen LogP) is 5.54. The largest absolute Gasteiger partial charge is 0.379 e. The molecule has 128 valence electrons. The molecule has 0 saturated carbocycles. The van der Waals surface area contributed by atoms with E-state index in [9.17, 15) is 4.79 Å². The van der Waals surface area contributed by atoms with Crippen molar-refractivity contribution < 1.29 is 9.53 Å². The molecule has 0 N–H and O–H groups in total. The van der Waals surface area contributed by atoms with Crippen molar-refractivity contribution in [3.05, 3.63) is 66.2 Å². The second-order valence-electron chi connectivity index (χ2n) is 6.91. The van der Waals surface area contributed by atoms with Crippen molar-refractivity contribution in [2.24, 2.45) is 5.41 Å². The number of rotatable bonds is 7. The Bertz CT molecular complexity index is 632. The summed E-state index contributed by atoms with van der Waals surface area (Å²) in [5, 5.41) is 0.0740. The minimum atomic E-state index is -0.352. The number of ether oxygens (including phenoxy) is 1. The number of ketones is 1. The van der Waals surface area contributed by atoms with Crippen LogP contribution in [0, 0.1) is 5.41 Å². The van der Waals surface area contributed by atoms with E-state index in [2.05, 4.69) is 24.3 Å². The molecule has 0 spiro atoms. The summed E-state index contributed by atoms with van der Waals surface area (Å²) in [4.78, 5) is 13.7. The van der Waals surface area contributed by atoms with Crippen LogP contribution < -0.4 is 0 Å². The zero-order valence-electron chi connectivity index (χ0n) is 14.9. The van der Waals surface area contributed by atoms with Crippen molar-refractivity contribution in [1.29, 1.82) is 0 Å². The molecule has 0 aromatic heterocycles. The lowest BCUT2D eigenvalue weighted by Crippen LogP contribution is -2.29. The smallest absolute Gasteiger partial charge is 0.140 e. The summed E-state index contributed by atoms with van der Waals surface area (Å²) in [5.74, 6) is 0.226. The van der Waals surface area contributed by atoms with Crippen LogP contribution in [0.15, 0.2) is 65.6 Å². The topological polar surface area (TPSA) is 26.3 Å². The molecule has 3 heteroatoms. The van der Waals surface area contributed by atoms with Gasteiger partial charge in [-0.15, -0.1) is 11.8 Å². The number of methoxy groups -OCH3 is 1. The van der Waals surface area contributed by atoms with Crippen LogP contribution in [0.3, 0.4) is 0 Å². The highest BCUT2D eigenvalue weighted by Gasteiger charge is 2.30. The van der Waals surface area contributed by atoms with Crippen molar-refractivity contribution in [3.63, 3.8) is 0 Å². The molecule has 2 rings (SSSR count). The highest BCUT2D eigenvalue weighted by atomic mass is 32.2. The predicted molar refractivity (Wildman–Crippen MR) is 101 cm³/mol. The number of Topliss-reactive ketones (excluding diaryl/α,β-unsaturated/α-hetero) is 1. The van der Waals surface area contributed by atoms with E-state index in [1.807, 2.05) is 57.2 Å². The molecule has 0 aliphatic carbocycles. The van der Waals surface area contributed by atoms with Gasteiger partial charge in [0.25, 0.3) is 0 Å². The van der Waals surface area contributed by atoms with Crippen molar-refractivity contribution in [2.75, 3.05) is 7.11 Å². The summed E-state index contributed by atoms with van der Waals surface area (Å²) in [7, 11) is 1.70. The van der Waals surface area contributed by atoms with Gasteiger partial charge in [-0.1, -0.05) is 69.3 Å². The van der Waals surface area contributed by atoms with Crippen LogP contribution in [0.2, 0.25) is 0 Å². The standard InChI is InChI=1S/C21H26O2S/c1-21(2,3)19(22)15-18(23-4)20(16-11-7-5-8-12-16)24-17-13-9-6-10-14-17/h5-14,18,20H,15H2,1-4H3. The maximum absolute atomic E-state index is 12.5. The minimum Gasteiger partial charge on any atom is -0.379 e. The quantitative estimate of drug-likeness (QED) is 0.618. The van der Waals surface area contributed by atoms with Crippen LogP contribution in [0.5, 0.6) is 0 Å². The lowest BCUT2D eigenvalue weighted by Gasteiger charge is -2.28. The first kappa shape index (κ1) is 18.8. The second-order valence-corrected chi connectivity index (χ2v) is 8.13. The number of carbonyl (C=O) groups is 1. The zero-order valence-corrected chi connectivity index (χ0v) is 15.7. The second kappa shape index (κ2) is 8.50. The summed E-state index contributed by atoms with van der Waals surface area (Å²) in [6.45, 7) is 5.89. The first-order valence-electron chi connectivity index (χ1n) is 8.24.